The van der Waals surface area contributed by atoms with Crippen molar-refractivity contribution in [3.8, 4) is 5.75 Å². The van der Waals surface area contributed by atoms with Gasteiger partial charge < -0.3 is 9.84 Å². The average Bonchev–Trinajstić information content (AvgIpc) is 2.38. The Balaban J connectivity index is 2.09. The lowest BCUT2D eigenvalue weighted by Crippen LogP contribution is -2.02. The number of carbonyl (C=O) groups is 1. The minimum Gasteiger partial charge on any atom is -0.486 e. The van der Waals surface area contributed by atoms with Crippen molar-refractivity contribution < 1.29 is 14.6 Å². The topological polar surface area (TPSA) is 72.3 Å². The molecule has 18 heavy (non-hydrogen) atoms. The predicted octanol–water partition coefficient (Wildman–Crippen LogP) is 2.06. The molecule has 2 aromatic heterocycles. The van der Waals surface area contributed by atoms with Crippen LogP contribution in [0.2, 0.25) is 0 Å². The third-order valence-corrected chi connectivity index (χ3v) is 2.45. The van der Waals surface area contributed by atoms with E-state index >= 15 is 0 Å². The van der Waals surface area contributed by atoms with Gasteiger partial charge in [-0.3, -0.25) is 9.97 Å². The Morgan fingerprint density at radius 1 is 1.44 bits per heavy atom. The predicted molar refractivity (Wildman–Crippen MR) is 64.5 cm³/mol. The van der Waals surface area contributed by atoms with Crippen LogP contribution in [0.15, 0.2) is 36.8 Å². The molecule has 0 atom stereocenters. The third kappa shape index (κ3) is 2.82. The van der Waals surface area contributed by atoms with E-state index in [-0.39, 0.29) is 12.2 Å². The summed E-state index contributed by atoms with van der Waals surface area (Å²) in [7, 11) is 0. The molecule has 0 aliphatic heterocycles. The van der Waals surface area contributed by atoms with Crippen molar-refractivity contribution in [3.05, 3.63) is 53.6 Å². The van der Waals surface area contributed by atoms with Gasteiger partial charge in [-0.05, 0) is 24.6 Å². The smallest absolute Gasteiger partial charge is 0.337 e. The van der Waals surface area contributed by atoms with Gasteiger partial charge in [0.25, 0.3) is 0 Å². The molecule has 0 fully saturated rings. The zero-order valence-electron chi connectivity index (χ0n) is 9.83. The summed E-state index contributed by atoms with van der Waals surface area (Å²) in [4.78, 5) is 18.8. The van der Waals surface area contributed by atoms with Crippen molar-refractivity contribution in [2.75, 3.05) is 0 Å². The van der Waals surface area contributed by atoms with Gasteiger partial charge in [0.2, 0.25) is 0 Å². The van der Waals surface area contributed by atoms with Crippen LogP contribution in [0.5, 0.6) is 5.75 Å². The van der Waals surface area contributed by atoms with Gasteiger partial charge in [-0.1, -0.05) is 6.07 Å². The van der Waals surface area contributed by atoms with Crippen LogP contribution < -0.4 is 4.74 Å². The second-order valence-electron chi connectivity index (χ2n) is 3.77. The Hall–Kier alpha value is -2.43. The SMILES string of the molecule is Cc1cccnc1COc1cncc(C(=O)O)c1. The average molecular weight is 244 g/mol. The van der Waals surface area contributed by atoms with Gasteiger partial charge in [0.15, 0.2) is 0 Å². The van der Waals surface area contributed by atoms with Gasteiger partial charge in [0.05, 0.1) is 17.5 Å². The zero-order valence-corrected chi connectivity index (χ0v) is 9.83. The summed E-state index contributed by atoms with van der Waals surface area (Å²) >= 11 is 0. The molecule has 2 aromatic rings. The summed E-state index contributed by atoms with van der Waals surface area (Å²) in [5.74, 6) is -0.609. The number of hydrogen-bond acceptors (Lipinski definition) is 4. The molecule has 0 saturated carbocycles. The van der Waals surface area contributed by atoms with Gasteiger partial charge in [-0.15, -0.1) is 0 Å². The highest BCUT2D eigenvalue weighted by Crippen LogP contribution is 2.14. The normalized spacial score (nSPS) is 10.1. The van der Waals surface area contributed by atoms with E-state index in [1.165, 1.54) is 18.5 Å². The second-order valence-corrected chi connectivity index (χ2v) is 3.77. The van der Waals surface area contributed by atoms with E-state index in [9.17, 15) is 4.79 Å². The van der Waals surface area contributed by atoms with Crippen molar-refractivity contribution in [1.82, 2.24) is 9.97 Å². The zero-order chi connectivity index (χ0) is 13.0. The highest BCUT2D eigenvalue weighted by molar-refractivity contribution is 5.87. The van der Waals surface area contributed by atoms with Crippen LogP contribution in [0.4, 0.5) is 0 Å². The summed E-state index contributed by atoms with van der Waals surface area (Å²) in [6.07, 6.45) is 4.45. The largest absolute Gasteiger partial charge is 0.486 e. The maximum Gasteiger partial charge on any atom is 0.337 e. The van der Waals surface area contributed by atoms with Crippen molar-refractivity contribution in [2.24, 2.45) is 0 Å². The number of aromatic carboxylic acids is 1. The first kappa shape index (κ1) is 12.0. The Morgan fingerprint density at radius 3 is 3.00 bits per heavy atom. The summed E-state index contributed by atoms with van der Waals surface area (Å²) in [6.45, 7) is 2.23. The Morgan fingerprint density at radius 2 is 2.28 bits per heavy atom. The monoisotopic (exact) mass is 244 g/mol. The number of nitrogens with zero attached hydrogens (tertiary/aromatic N) is 2. The van der Waals surface area contributed by atoms with Crippen molar-refractivity contribution in [1.29, 1.82) is 0 Å². The minimum absolute atomic E-state index is 0.102. The molecular formula is C13H12N2O3. The number of aromatic nitrogens is 2. The van der Waals surface area contributed by atoms with Gasteiger partial charge >= 0.3 is 5.97 Å². The summed E-state index contributed by atoms with van der Waals surface area (Å²) in [5.41, 5.74) is 1.95. The standard InChI is InChI=1S/C13H12N2O3/c1-9-3-2-4-15-12(9)8-18-11-5-10(13(16)17)6-14-7-11/h2-7H,8H2,1H3,(H,16,17). The van der Waals surface area contributed by atoms with E-state index in [1.54, 1.807) is 6.20 Å². The maximum absolute atomic E-state index is 10.8. The fourth-order valence-electron chi connectivity index (χ4n) is 1.44. The van der Waals surface area contributed by atoms with E-state index < -0.39 is 5.97 Å². The van der Waals surface area contributed by atoms with Gasteiger partial charge in [0, 0.05) is 12.4 Å². The molecule has 0 radical (unpaired) electrons. The lowest BCUT2D eigenvalue weighted by Gasteiger charge is -2.07. The molecular weight excluding hydrogens is 232 g/mol. The fourth-order valence-corrected chi connectivity index (χ4v) is 1.44. The molecule has 92 valence electrons. The van der Waals surface area contributed by atoms with Gasteiger partial charge in [-0.25, -0.2) is 4.79 Å². The first-order valence-corrected chi connectivity index (χ1v) is 5.38. The molecule has 1 N–H and O–H groups in total. The first-order valence-electron chi connectivity index (χ1n) is 5.38. The number of carboxylic acids is 1. The number of pyridine rings is 2. The van der Waals surface area contributed by atoms with Crippen LogP contribution in [0.25, 0.3) is 0 Å². The molecule has 0 aromatic carbocycles. The third-order valence-electron chi connectivity index (χ3n) is 2.45. The Bertz CT molecular complexity index is 570. The number of ether oxygens (including phenoxy) is 1. The van der Waals surface area contributed by atoms with E-state index in [2.05, 4.69) is 9.97 Å². The molecule has 0 bridgehead atoms. The van der Waals surface area contributed by atoms with Crippen molar-refractivity contribution in [2.45, 2.75) is 13.5 Å². The lowest BCUT2D eigenvalue weighted by molar-refractivity contribution is 0.0696. The summed E-state index contributed by atoms with van der Waals surface area (Å²) in [6, 6.07) is 5.23. The van der Waals surface area contributed by atoms with E-state index in [4.69, 9.17) is 9.84 Å². The summed E-state index contributed by atoms with van der Waals surface area (Å²) in [5, 5.41) is 8.83. The highest BCUT2D eigenvalue weighted by Gasteiger charge is 2.06. The lowest BCUT2D eigenvalue weighted by atomic mass is 10.2. The minimum atomic E-state index is -1.03. The van der Waals surface area contributed by atoms with Crippen LogP contribution in [0, 0.1) is 6.92 Å². The van der Waals surface area contributed by atoms with Gasteiger partial charge in [-0.2, -0.15) is 0 Å². The number of rotatable bonds is 4. The van der Waals surface area contributed by atoms with Crippen LogP contribution in [0.1, 0.15) is 21.6 Å². The molecule has 0 amide bonds. The Kier molecular flexibility index (Phi) is 3.52. The van der Waals surface area contributed by atoms with Crippen LogP contribution in [0.3, 0.4) is 0 Å². The second kappa shape index (κ2) is 5.27. The van der Waals surface area contributed by atoms with E-state index in [1.807, 2.05) is 19.1 Å². The van der Waals surface area contributed by atoms with E-state index in [0.717, 1.165) is 11.3 Å². The molecule has 0 aliphatic carbocycles. The molecule has 2 heterocycles. The molecule has 0 saturated heterocycles. The maximum atomic E-state index is 10.8. The van der Waals surface area contributed by atoms with E-state index in [0.29, 0.717) is 5.75 Å². The van der Waals surface area contributed by atoms with Crippen LogP contribution in [-0.2, 0) is 6.61 Å². The number of aryl methyl sites for hydroxylation is 1. The quantitative estimate of drug-likeness (QED) is 0.891. The van der Waals surface area contributed by atoms with Crippen molar-refractivity contribution in [3.63, 3.8) is 0 Å². The fraction of sp³-hybridized carbons (Fsp3) is 0.154. The Labute approximate surface area is 104 Å². The molecule has 5 nitrogen and oxygen atoms in total. The molecule has 0 spiro atoms. The molecule has 0 aliphatic rings. The number of carboxylic acid groups (broad SMARTS) is 1. The molecule has 5 heteroatoms. The van der Waals surface area contributed by atoms with Crippen LogP contribution in [-0.4, -0.2) is 21.0 Å². The molecule has 0 unspecified atom stereocenters. The highest BCUT2D eigenvalue weighted by atomic mass is 16.5. The van der Waals surface area contributed by atoms with Crippen molar-refractivity contribution >= 4 is 5.97 Å². The molecule has 2 rings (SSSR count). The van der Waals surface area contributed by atoms with Crippen LogP contribution >= 0.6 is 0 Å². The van der Waals surface area contributed by atoms with Gasteiger partial charge in [0.1, 0.15) is 12.4 Å². The summed E-state index contributed by atoms with van der Waals surface area (Å²) < 4.78 is 5.48. The number of hydrogen-bond donors (Lipinski definition) is 1. The first-order chi connectivity index (χ1) is 8.66.